The fourth-order valence-electron chi connectivity index (χ4n) is 1.72. The normalized spacial score (nSPS) is 11.2. The Balaban J connectivity index is 2.39. The van der Waals surface area contributed by atoms with E-state index in [4.69, 9.17) is 27.6 Å². The van der Waals surface area contributed by atoms with Crippen molar-refractivity contribution < 1.29 is 4.42 Å². The largest absolute Gasteiger partial charge is 0.428 e. The predicted octanol–water partition coefficient (Wildman–Crippen LogP) is 3.22. The molecule has 2 aromatic heterocycles. The van der Waals surface area contributed by atoms with Gasteiger partial charge in [0.25, 0.3) is 0 Å². The SMILES string of the molecule is O=c1[nH]c2ccc(Cl)cc2n1-c1ccc(Cl)o1. The van der Waals surface area contributed by atoms with E-state index in [1.54, 1.807) is 30.3 Å². The van der Waals surface area contributed by atoms with Crippen LogP contribution < -0.4 is 5.69 Å². The summed E-state index contributed by atoms with van der Waals surface area (Å²) in [6, 6.07) is 8.33. The van der Waals surface area contributed by atoms with Gasteiger partial charge < -0.3 is 9.40 Å². The second-order valence-corrected chi connectivity index (χ2v) is 4.31. The maximum atomic E-state index is 11.8. The molecule has 0 saturated heterocycles. The van der Waals surface area contributed by atoms with E-state index in [1.165, 1.54) is 4.57 Å². The van der Waals surface area contributed by atoms with E-state index in [9.17, 15) is 4.79 Å². The summed E-state index contributed by atoms with van der Waals surface area (Å²) in [6.07, 6.45) is 0. The molecule has 1 aromatic carbocycles. The molecule has 0 aliphatic rings. The van der Waals surface area contributed by atoms with Crippen LogP contribution in [0, 0.1) is 0 Å². The molecule has 4 nitrogen and oxygen atoms in total. The molecule has 0 fully saturated rings. The lowest BCUT2D eigenvalue weighted by Crippen LogP contribution is -2.13. The fourth-order valence-corrected chi connectivity index (χ4v) is 2.03. The summed E-state index contributed by atoms with van der Waals surface area (Å²) in [6.45, 7) is 0. The quantitative estimate of drug-likeness (QED) is 0.737. The molecule has 0 saturated carbocycles. The summed E-state index contributed by atoms with van der Waals surface area (Å²) in [7, 11) is 0. The van der Waals surface area contributed by atoms with Crippen LogP contribution in [0.4, 0.5) is 0 Å². The molecule has 0 amide bonds. The Morgan fingerprint density at radius 1 is 1.18 bits per heavy atom. The molecule has 0 aliphatic heterocycles. The Morgan fingerprint density at radius 2 is 2.00 bits per heavy atom. The molecule has 0 atom stereocenters. The average Bonchev–Trinajstić information content (AvgIpc) is 2.81. The molecular formula is C11H6Cl2N2O2. The third-order valence-corrected chi connectivity index (χ3v) is 2.86. The van der Waals surface area contributed by atoms with Gasteiger partial charge in [-0.3, -0.25) is 0 Å². The fraction of sp³-hybridized carbons (Fsp3) is 0. The number of benzene rings is 1. The van der Waals surface area contributed by atoms with Gasteiger partial charge in [0.15, 0.2) is 5.22 Å². The van der Waals surface area contributed by atoms with Gasteiger partial charge in [0, 0.05) is 11.1 Å². The van der Waals surface area contributed by atoms with E-state index < -0.39 is 0 Å². The first kappa shape index (κ1) is 10.5. The van der Waals surface area contributed by atoms with Crippen LogP contribution in [0.2, 0.25) is 10.2 Å². The number of hydrogen-bond donors (Lipinski definition) is 1. The van der Waals surface area contributed by atoms with Crippen LogP contribution in [0.3, 0.4) is 0 Å². The molecule has 1 N–H and O–H groups in total. The number of imidazole rings is 1. The highest BCUT2D eigenvalue weighted by atomic mass is 35.5. The van der Waals surface area contributed by atoms with E-state index >= 15 is 0 Å². The summed E-state index contributed by atoms with van der Waals surface area (Å²) in [4.78, 5) is 14.5. The molecule has 3 rings (SSSR count). The molecule has 0 bridgehead atoms. The van der Waals surface area contributed by atoms with Crippen molar-refractivity contribution in [1.82, 2.24) is 9.55 Å². The van der Waals surface area contributed by atoms with Crippen molar-refractivity contribution in [3.8, 4) is 5.88 Å². The van der Waals surface area contributed by atoms with Crippen LogP contribution in [-0.2, 0) is 0 Å². The van der Waals surface area contributed by atoms with Gasteiger partial charge in [-0.05, 0) is 35.9 Å². The smallest absolute Gasteiger partial charge is 0.333 e. The Labute approximate surface area is 105 Å². The number of rotatable bonds is 1. The minimum atomic E-state index is -0.298. The Bertz CT molecular complexity index is 754. The Morgan fingerprint density at radius 3 is 2.71 bits per heavy atom. The van der Waals surface area contributed by atoms with Crippen molar-refractivity contribution in [3.05, 3.63) is 51.1 Å². The van der Waals surface area contributed by atoms with Crippen LogP contribution in [0.1, 0.15) is 0 Å². The first-order valence-corrected chi connectivity index (χ1v) is 5.57. The van der Waals surface area contributed by atoms with E-state index in [-0.39, 0.29) is 10.9 Å². The molecule has 3 aromatic rings. The third kappa shape index (κ3) is 1.66. The first-order valence-electron chi connectivity index (χ1n) is 4.81. The maximum Gasteiger partial charge on any atom is 0.333 e. The van der Waals surface area contributed by atoms with Gasteiger partial charge in [0.2, 0.25) is 5.88 Å². The number of fused-ring (bicyclic) bond motifs is 1. The minimum absolute atomic E-state index is 0.225. The number of furan rings is 1. The molecule has 6 heteroatoms. The lowest BCUT2D eigenvalue weighted by atomic mass is 10.3. The highest BCUT2D eigenvalue weighted by Crippen LogP contribution is 2.22. The van der Waals surface area contributed by atoms with Crippen molar-refractivity contribution in [3.63, 3.8) is 0 Å². The first-order chi connectivity index (χ1) is 8.15. The molecule has 0 spiro atoms. The Hall–Kier alpha value is -1.65. The molecule has 0 radical (unpaired) electrons. The zero-order valence-corrected chi connectivity index (χ0v) is 9.92. The van der Waals surface area contributed by atoms with Crippen LogP contribution in [0.25, 0.3) is 16.9 Å². The van der Waals surface area contributed by atoms with Gasteiger partial charge in [0.1, 0.15) is 0 Å². The molecule has 0 unspecified atom stereocenters. The third-order valence-electron chi connectivity index (χ3n) is 2.42. The summed E-state index contributed by atoms with van der Waals surface area (Å²) < 4.78 is 6.60. The topological polar surface area (TPSA) is 50.9 Å². The van der Waals surface area contributed by atoms with E-state index in [1.807, 2.05) is 0 Å². The van der Waals surface area contributed by atoms with Crippen molar-refractivity contribution in [2.75, 3.05) is 0 Å². The van der Waals surface area contributed by atoms with Crippen molar-refractivity contribution in [2.45, 2.75) is 0 Å². The highest BCUT2D eigenvalue weighted by molar-refractivity contribution is 6.31. The van der Waals surface area contributed by atoms with E-state index in [0.717, 1.165) is 0 Å². The number of H-pyrrole nitrogens is 1. The van der Waals surface area contributed by atoms with Crippen molar-refractivity contribution >= 4 is 34.2 Å². The van der Waals surface area contributed by atoms with Gasteiger partial charge in [-0.25, -0.2) is 9.36 Å². The molecule has 86 valence electrons. The number of aromatic nitrogens is 2. The zero-order chi connectivity index (χ0) is 12.0. The number of aromatic amines is 1. The van der Waals surface area contributed by atoms with Crippen molar-refractivity contribution in [2.24, 2.45) is 0 Å². The number of nitrogens with one attached hydrogen (secondary N) is 1. The van der Waals surface area contributed by atoms with Crippen LogP contribution in [0.5, 0.6) is 0 Å². The number of halogens is 2. The van der Waals surface area contributed by atoms with Gasteiger partial charge in [-0.1, -0.05) is 11.6 Å². The molecule has 0 aliphatic carbocycles. The highest BCUT2D eigenvalue weighted by Gasteiger charge is 2.11. The monoisotopic (exact) mass is 268 g/mol. The second-order valence-electron chi connectivity index (χ2n) is 3.50. The maximum absolute atomic E-state index is 11.8. The molecule has 17 heavy (non-hydrogen) atoms. The van der Waals surface area contributed by atoms with Gasteiger partial charge in [-0.15, -0.1) is 0 Å². The summed E-state index contributed by atoms with van der Waals surface area (Å²) in [5, 5.41) is 0.770. The number of nitrogens with zero attached hydrogens (tertiary/aromatic N) is 1. The molecule has 2 heterocycles. The minimum Gasteiger partial charge on any atom is -0.428 e. The van der Waals surface area contributed by atoms with Crippen LogP contribution in [0.15, 0.2) is 39.5 Å². The van der Waals surface area contributed by atoms with Gasteiger partial charge >= 0.3 is 5.69 Å². The summed E-state index contributed by atoms with van der Waals surface area (Å²) in [5.41, 5.74) is 1.04. The van der Waals surface area contributed by atoms with Gasteiger partial charge in [0.05, 0.1) is 11.0 Å². The van der Waals surface area contributed by atoms with E-state index in [0.29, 0.717) is 21.9 Å². The molecular weight excluding hydrogens is 263 g/mol. The summed E-state index contributed by atoms with van der Waals surface area (Å²) >= 11 is 11.6. The van der Waals surface area contributed by atoms with E-state index in [2.05, 4.69) is 4.98 Å². The standard InChI is InChI=1S/C11H6Cl2N2O2/c12-6-1-2-7-8(5-6)15(11(16)14-7)10-4-3-9(13)17-10/h1-5H,(H,14,16). The lowest BCUT2D eigenvalue weighted by Gasteiger charge is -1.98. The second kappa shape index (κ2) is 3.68. The average molecular weight is 269 g/mol. The lowest BCUT2D eigenvalue weighted by molar-refractivity contribution is 0.540. The Kier molecular flexibility index (Phi) is 2.28. The zero-order valence-electron chi connectivity index (χ0n) is 8.41. The van der Waals surface area contributed by atoms with Crippen LogP contribution in [-0.4, -0.2) is 9.55 Å². The van der Waals surface area contributed by atoms with Gasteiger partial charge in [-0.2, -0.15) is 0 Å². The summed E-state index contributed by atoms with van der Waals surface area (Å²) in [5.74, 6) is 0.355. The number of hydrogen-bond acceptors (Lipinski definition) is 2. The van der Waals surface area contributed by atoms with Crippen molar-refractivity contribution in [1.29, 1.82) is 0 Å². The van der Waals surface area contributed by atoms with Crippen LogP contribution >= 0.6 is 23.2 Å². The predicted molar refractivity (Wildman–Crippen MR) is 66.2 cm³/mol.